The van der Waals surface area contributed by atoms with Gasteiger partial charge < -0.3 is 14.6 Å². The first-order valence-corrected chi connectivity index (χ1v) is 10.3. The standard InChI is InChI=1S/C20H24F4N4O/c1-10(29)6-13-14-7-27(8-15(13)14)17-12-4-3-5-19(21,22)16(12)25-18(26-17)28-9-20(23,24)11(28)2/h11,13-15H,3-9H2,1-2H3/t11?,13?,14-,15+. The zero-order chi connectivity index (χ0) is 20.7. The van der Waals surface area contributed by atoms with E-state index in [1.807, 2.05) is 4.90 Å². The van der Waals surface area contributed by atoms with Gasteiger partial charge in [0.15, 0.2) is 0 Å². The maximum absolute atomic E-state index is 14.7. The molecule has 3 fully saturated rings. The van der Waals surface area contributed by atoms with Gasteiger partial charge in [-0.05, 0) is 44.4 Å². The molecule has 2 unspecified atom stereocenters. The maximum Gasteiger partial charge on any atom is 0.290 e. The minimum atomic E-state index is -3.07. The van der Waals surface area contributed by atoms with E-state index >= 15 is 0 Å². The van der Waals surface area contributed by atoms with Crippen molar-refractivity contribution in [2.75, 3.05) is 29.4 Å². The van der Waals surface area contributed by atoms with Crippen LogP contribution in [0.2, 0.25) is 0 Å². The summed E-state index contributed by atoms with van der Waals surface area (Å²) in [6, 6.07) is -1.11. The molecule has 0 N–H and O–H groups in total. The molecule has 5 rings (SSSR count). The van der Waals surface area contributed by atoms with Crippen molar-refractivity contribution in [2.45, 2.75) is 57.4 Å². The second kappa shape index (κ2) is 6.04. The van der Waals surface area contributed by atoms with Crippen LogP contribution in [0.15, 0.2) is 0 Å². The molecule has 0 amide bonds. The largest absolute Gasteiger partial charge is 0.356 e. The summed E-state index contributed by atoms with van der Waals surface area (Å²) >= 11 is 0. The van der Waals surface area contributed by atoms with Gasteiger partial charge in [0.25, 0.3) is 11.8 Å². The lowest BCUT2D eigenvalue weighted by atomic mass is 9.92. The van der Waals surface area contributed by atoms with Crippen molar-refractivity contribution in [3.63, 3.8) is 0 Å². The Morgan fingerprint density at radius 2 is 1.86 bits per heavy atom. The van der Waals surface area contributed by atoms with Gasteiger partial charge in [0.2, 0.25) is 5.95 Å². The third-order valence-electron chi connectivity index (χ3n) is 7.15. The van der Waals surface area contributed by atoms with Crippen LogP contribution in [-0.2, 0) is 17.1 Å². The fraction of sp³-hybridized carbons (Fsp3) is 0.750. The van der Waals surface area contributed by atoms with Gasteiger partial charge >= 0.3 is 0 Å². The van der Waals surface area contributed by atoms with E-state index in [2.05, 4.69) is 9.97 Å². The van der Waals surface area contributed by atoms with E-state index in [-0.39, 0.29) is 23.8 Å². The molecule has 1 saturated carbocycles. The van der Waals surface area contributed by atoms with Crippen molar-refractivity contribution in [1.29, 1.82) is 0 Å². The highest BCUT2D eigenvalue weighted by molar-refractivity contribution is 5.76. The van der Waals surface area contributed by atoms with Gasteiger partial charge in [-0.2, -0.15) is 13.8 Å². The lowest BCUT2D eigenvalue weighted by Crippen LogP contribution is -2.64. The molecule has 0 bridgehead atoms. The number of hydrogen-bond donors (Lipinski definition) is 0. The molecule has 29 heavy (non-hydrogen) atoms. The predicted molar refractivity (Wildman–Crippen MR) is 98.6 cm³/mol. The number of alkyl halides is 4. The molecule has 0 aromatic carbocycles. The molecule has 4 aliphatic rings. The second-order valence-corrected chi connectivity index (χ2v) is 9.10. The molecule has 3 heterocycles. The Morgan fingerprint density at radius 1 is 1.17 bits per heavy atom. The summed E-state index contributed by atoms with van der Waals surface area (Å²) in [5, 5.41) is 0. The molecular formula is C20H24F4N4O. The van der Waals surface area contributed by atoms with Crippen LogP contribution >= 0.6 is 0 Å². The van der Waals surface area contributed by atoms with Crippen molar-refractivity contribution in [3.05, 3.63) is 11.3 Å². The third-order valence-corrected chi connectivity index (χ3v) is 7.15. The van der Waals surface area contributed by atoms with Crippen molar-refractivity contribution in [2.24, 2.45) is 17.8 Å². The molecule has 2 aliphatic carbocycles. The van der Waals surface area contributed by atoms with Crippen LogP contribution in [0.5, 0.6) is 0 Å². The minimum absolute atomic E-state index is 0.0281. The van der Waals surface area contributed by atoms with Crippen LogP contribution in [-0.4, -0.2) is 47.3 Å². The quantitative estimate of drug-likeness (QED) is 0.710. The Morgan fingerprint density at radius 3 is 2.45 bits per heavy atom. The molecule has 2 saturated heterocycles. The van der Waals surface area contributed by atoms with E-state index in [0.717, 1.165) is 0 Å². The topological polar surface area (TPSA) is 49.3 Å². The van der Waals surface area contributed by atoms with Gasteiger partial charge in [0, 0.05) is 31.5 Å². The second-order valence-electron chi connectivity index (χ2n) is 9.10. The van der Waals surface area contributed by atoms with E-state index in [1.54, 1.807) is 6.92 Å². The van der Waals surface area contributed by atoms with Crippen molar-refractivity contribution < 1.29 is 22.4 Å². The zero-order valence-electron chi connectivity index (χ0n) is 16.5. The van der Waals surface area contributed by atoms with Crippen LogP contribution in [0.25, 0.3) is 0 Å². The van der Waals surface area contributed by atoms with E-state index < -0.39 is 24.4 Å². The fourth-order valence-corrected chi connectivity index (χ4v) is 5.30. The summed E-state index contributed by atoms with van der Waals surface area (Å²) in [6.45, 7) is 3.74. The summed E-state index contributed by atoms with van der Waals surface area (Å²) in [6.07, 6.45) is 1.10. The summed E-state index contributed by atoms with van der Waals surface area (Å²) in [5.74, 6) is -4.19. The molecule has 1 aromatic heterocycles. The Hall–Kier alpha value is -1.93. The summed E-state index contributed by atoms with van der Waals surface area (Å²) < 4.78 is 56.7. The molecule has 0 radical (unpaired) electrons. The number of Topliss-reactive ketones (excluding diaryl/α,β-unsaturated/α-hetero) is 1. The van der Waals surface area contributed by atoms with Gasteiger partial charge in [0.05, 0.1) is 12.6 Å². The van der Waals surface area contributed by atoms with Crippen LogP contribution in [0.3, 0.4) is 0 Å². The molecule has 4 atom stereocenters. The van der Waals surface area contributed by atoms with Crippen molar-refractivity contribution in [1.82, 2.24) is 9.97 Å². The first-order valence-electron chi connectivity index (χ1n) is 10.3. The number of carbonyl (C=O) groups excluding carboxylic acids is 1. The number of aromatic nitrogens is 2. The minimum Gasteiger partial charge on any atom is -0.356 e. The molecule has 2 aliphatic heterocycles. The van der Waals surface area contributed by atoms with Crippen molar-refractivity contribution in [3.8, 4) is 0 Å². The van der Waals surface area contributed by atoms with Crippen LogP contribution in [0, 0.1) is 17.8 Å². The Kier molecular flexibility index (Phi) is 3.97. The Labute approximate surface area is 166 Å². The SMILES string of the molecule is CC(=O)CC1[C@H]2CN(c3nc(N4CC(F)(F)C4C)nc4c3CCCC4(F)F)C[C@@H]12. The smallest absolute Gasteiger partial charge is 0.290 e. The lowest BCUT2D eigenvalue weighted by molar-refractivity contribution is -0.117. The zero-order valence-corrected chi connectivity index (χ0v) is 16.5. The number of halogens is 4. The number of carbonyl (C=O) groups is 1. The van der Waals surface area contributed by atoms with Crippen molar-refractivity contribution >= 4 is 17.5 Å². The van der Waals surface area contributed by atoms with Crippen LogP contribution in [0.1, 0.15) is 44.4 Å². The molecule has 1 aromatic rings. The van der Waals surface area contributed by atoms with E-state index in [1.165, 1.54) is 11.8 Å². The van der Waals surface area contributed by atoms with Crippen LogP contribution in [0.4, 0.5) is 29.3 Å². The highest BCUT2D eigenvalue weighted by Gasteiger charge is 2.57. The lowest BCUT2D eigenvalue weighted by Gasteiger charge is -2.46. The Balaban J connectivity index is 1.47. The van der Waals surface area contributed by atoms with Gasteiger partial charge in [-0.25, -0.2) is 13.8 Å². The predicted octanol–water partition coefficient (Wildman–Crippen LogP) is 3.41. The number of piperidine rings is 1. The molecule has 158 valence electrons. The monoisotopic (exact) mass is 412 g/mol. The molecule has 5 nitrogen and oxygen atoms in total. The maximum atomic E-state index is 14.7. The number of nitrogens with zero attached hydrogens (tertiary/aromatic N) is 4. The van der Waals surface area contributed by atoms with E-state index in [4.69, 9.17) is 0 Å². The number of rotatable bonds is 4. The molecule has 9 heteroatoms. The summed E-state index contributed by atoms with van der Waals surface area (Å²) in [7, 11) is 0. The van der Waals surface area contributed by atoms with E-state index in [9.17, 15) is 22.4 Å². The highest BCUT2D eigenvalue weighted by atomic mass is 19.3. The highest BCUT2D eigenvalue weighted by Crippen LogP contribution is 2.55. The number of anilines is 2. The number of fused-ring (bicyclic) bond motifs is 2. The molecular weight excluding hydrogens is 388 g/mol. The van der Waals surface area contributed by atoms with Crippen LogP contribution < -0.4 is 9.80 Å². The summed E-state index contributed by atoms with van der Waals surface area (Å²) in [5.41, 5.74) is 0.154. The van der Waals surface area contributed by atoms with E-state index in [0.29, 0.717) is 61.5 Å². The van der Waals surface area contributed by atoms with Gasteiger partial charge in [0.1, 0.15) is 17.3 Å². The molecule has 0 spiro atoms. The van der Waals surface area contributed by atoms with Gasteiger partial charge in [-0.15, -0.1) is 0 Å². The third kappa shape index (κ3) is 2.91. The average molecular weight is 412 g/mol. The first kappa shape index (κ1) is 19.1. The Bertz CT molecular complexity index is 864. The fourth-order valence-electron chi connectivity index (χ4n) is 5.30. The number of ketones is 1. The number of hydrogen-bond acceptors (Lipinski definition) is 5. The normalized spacial score (nSPS) is 33.7. The average Bonchev–Trinajstić information content (AvgIpc) is 3.08. The first-order chi connectivity index (χ1) is 13.6. The summed E-state index contributed by atoms with van der Waals surface area (Å²) in [4.78, 5) is 23.3. The van der Waals surface area contributed by atoms with Gasteiger partial charge in [-0.1, -0.05) is 0 Å². The van der Waals surface area contributed by atoms with Gasteiger partial charge in [-0.3, -0.25) is 0 Å².